The summed E-state index contributed by atoms with van der Waals surface area (Å²) in [6, 6.07) is 6.89. The zero-order valence-electron chi connectivity index (χ0n) is 11.8. The fourth-order valence-corrected chi connectivity index (χ4v) is 3.84. The maximum absolute atomic E-state index is 12.3. The normalized spacial score (nSPS) is 19.9. The van der Waals surface area contributed by atoms with Gasteiger partial charge in [0, 0.05) is 12.6 Å². The number of nitrogens with zero attached hydrogens (tertiary/aromatic N) is 2. The molecule has 1 unspecified atom stereocenters. The van der Waals surface area contributed by atoms with E-state index in [1.165, 1.54) is 12.1 Å². The van der Waals surface area contributed by atoms with Gasteiger partial charge in [0.25, 0.3) is 0 Å². The van der Waals surface area contributed by atoms with Crippen molar-refractivity contribution in [3.05, 3.63) is 29.3 Å². The topological polar surface area (TPSA) is 73.2 Å². The van der Waals surface area contributed by atoms with E-state index >= 15 is 0 Å². The number of aryl methyl sites for hydroxylation is 1. The van der Waals surface area contributed by atoms with E-state index in [2.05, 4.69) is 9.62 Å². The lowest BCUT2D eigenvalue weighted by Crippen LogP contribution is -2.38. The second-order valence-electron chi connectivity index (χ2n) is 5.22. The van der Waals surface area contributed by atoms with Crippen molar-refractivity contribution in [2.45, 2.75) is 30.7 Å². The quantitative estimate of drug-likeness (QED) is 0.906. The Bertz CT molecular complexity index is 634. The van der Waals surface area contributed by atoms with Crippen LogP contribution in [-0.2, 0) is 10.0 Å². The first-order chi connectivity index (χ1) is 9.44. The molecule has 0 aromatic heterocycles. The largest absolute Gasteiger partial charge is 0.302 e. The van der Waals surface area contributed by atoms with Crippen LogP contribution in [0, 0.1) is 18.3 Å². The van der Waals surface area contributed by atoms with E-state index in [0.29, 0.717) is 17.7 Å². The van der Waals surface area contributed by atoms with Crippen molar-refractivity contribution in [1.82, 2.24) is 9.62 Å². The zero-order valence-corrected chi connectivity index (χ0v) is 12.6. The van der Waals surface area contributed by atoms with Gasteiger partial charge < -0.3 is 4.90 Å². The number of hydrogen-bond donors (Lipinski definition) is 1. The van der Waals surface area contributed by atoms with Crippen LogP contribution in [0.2, 0.25) is 0 Å². The first-order valence-corrected chi connectivity index (χ1v) is 8.13. The highest BCUT2D eigenvalue weighted by Crippen LogP contribution is 2.18. The molecule has 0 amide bonds. The lowest BCUT2D eigenvalue weighted by molar-refractivity contribution is 0.311. The molecule has 1 aromatic rings. The van der Waals surface area contributed by atoms with Gasteiger partial charge in [-0.2, -0.15) is 5.26 Å². The molecule has 6 heteroatoms. The van der Waals surface area contributed by atoms with Crippen molar-refractivity contribution in [3.8, 4) is 6.07 Å². The minimum atomic E-state index is -3.51. The molecule has 0 bridgehead atoms. The van der Waals surface area contributed by atoms with Crippen LogP contribution < -0.4 is 4.72 Å². The second-order valence-corrected chi connectivity index (χ2v) is 6.96. The lowest BCUT2D eigenvalue weighted by Gasteiger charge is -2.20. The highest BCUT2D eigenvalue weighted by Gasteiger charge is 2.24. The predicted octanol–water partition coefficient (Wildman–Crippen LogP) is 1.24. The van der Waals surface area contributed by atoms with Crippen LogP contribution in [0.25, 0.3) is 0 Å². The number of likely N-dealkylation sites (N-methyl/N-ethyl adjacent to an activating group) is 1. The van der Waals surface area contributed by atoms with Crippen LogP contribution in [0.3, 0.4) is 0 Å². The molecule has 1 heterocycles. The van der Waals surface area contributed by atoms with Gasteiger partial charge in [-0.15, -0.1) is 0 Å². The van der Waals surface area contributed by atoms with Gasteiger partial charge in [-0.05, 0) is 57.1 Å². The number of benzene rings is 1. The molecule has 0 radical (unpaired) electrons. The number of nitrogens with one attached hydrogen (secondary N) is 1. The SMILES string of the molecule is Cc1cc(C#N)ccc1S(=O)(=O)NCC1CCCN1C. The summed E-state index contributed by atoms with van der Waals surface area (Å²) in [4.78, 5) is 2.42. The fraction of sp³-hybridized carbons (Fsp3) is 0.500. The van der Waals surface area contributed by atoms with Gasteiger partial charge in [-0.1, -0.05) is 0 Å². The average molecular weight is 293 g/mol. The summed E-state index contributed by atoms with van der Waals surface area (Å²) in [6.07, 6.45) is 2.13. The molecule has 108 valence electrons. The summed E-state index contributed by atoms with van der Waals surface area (Å²) in [5, 5.41) is 8.81. The van der Waals surface area contributed by atoms with Gasteiger partial charge in [0.05, 0.1) is 16.5 Å². The molecule has 0 spiro atoms. The summed E-state index contributed by atoms with van der Waals surface area (Å²) in [6.45, 7) is 3.15. The van der Waals surface area contributed by atoms with E-state index in [1.54, 1.807) is 13.0 Å². The molecule has 1 atom stereocenters. The summed E-state index contributed by atoms with van der Waals surface area (Å²) in [5.74, 6) is 0. The lowest BCUT2D eigenvalue weighted by atomic mass is 10.2. The molecule has 0 aliphatic carbocycles. The number of likely N-dealkylation sites (tertiary alicyclic amines) is 1. The molecule has 1 aliphatic heterocycles. The molecule has 5 nitrogen and oxygen atoms in total. The minimum absolute atomic E-state index is 0.247. The van der Waals surface area contributed by atoms with Crippen molar-refractivity contribution in [3.63, 3.8) is 0 Å². The Morgan fingerprint density at radius 1 is 1.50 bits per heavy atom. The van der Waals surface area contributed by atoms with Gasteiger partial charge in [-0.3, -0.25) is 0 Å². The molecule has 1 aliphatic rings. The zero-order chi connectivity index (χ0) is 14.8. The first-order valence-electron chi connectivity index (χ1n) is 6.64. The van der Waals surface area contributed by atoms with Crippen LogP contribution in [-0.4, -0.2) is 39.5 Å². The fourth-order valence-electron chi connectivity index (χ4n) is 2.54. The molecule has 2 rings (SSSR count). The van der Waals surface area contributed by atoms with E-state index in [1.807, 2.05) is 13.1 Å². The van der Waals surface area contributed by atoms with E-state index < -0.39 is 10.0 Å². The molecule has 1 saturated heterocycles. The van der Waals surface area contributed by atoms with Crippen LogP contribution >= 0.6 is 0 Å². The van der Waals surface area contributed by atoms with E-state index in [9.17, 15) is 8.42 Å². The molecular formula is C14H19N3O2S. The van der Waals surface area contributed by atoms with Crippen LogP contribution in [0.1, 0.15) is 24.0 Å². The van der Waals surface area contributed by atoms with Crippen LogP contribution in [0.15, 0.2) is 23.1 Å². The first kappa shape index (κ1) is 15.0. The molecular weight excluding hydrogens is 274 g/mol. The smallest absolute Gasteiger partial charge is 0.240 e. The Morgan fingerprint density at radius 3 is 2.80 bits per heavy atom. The molecule has 1 N–H and O–H groups in total. The van der Waals surface area contributed by atoms with Gasteiger partial charge >= 0.3 is 0 Å². The highest BCUT2D eigenvalue weighted by molar-refractivity contribution is 7.89. The predicted molar refractivity (Wildman–Crippen MR) is 76.7 cm³/mol. The van der Waals surface area contributed by atoms with E-state index in [-0.39, 0.29) is 10.9 Å². The molecule has 20 heavy (non-hydrogen) atoms. The van der Waals surface area contributed by atoms with Crippen LogP contribution in [0.5, 0.6) is 0 Å². The number of hydrogen-bond acceptors (Lipinski definition) is 4. The van der Waals surface area contributed by atoms with Gasteiger partial charge in [-0.25, -0.2) is 13.1 Å². The Balaban J connectivity index is 2.12. The van der Waals surface area contributed by atoms with Crippen molar-refractivity contribution in [1.29, 1.82) is 5.26 Å². The van der Waals surface area contributed by atoms with Crippen molar-refractivity contribution in [2.75, 3.05) is 20.1 Å². The van der Waals surface area contributed by atoms with Gasteiger partial charge in [0.2, 0.25) is 10.0 Å². The van der Waals surface area contributed by atoms with Crippen molar-refractivity contribution in [2.24, 2.45) is 0 Å². The number of sulfonamides is 1. The summed E-state index contributed by atoms with van der Waals surface area (Å²) >= 11 is 0. The Kier molecular flexibility index (Phi) is 4.43. The molecule has 0 saturated carbocycles. The number of rotatable bonds is 4. The monoisotopic (exact) mass is 293 g/mol. The Hall–Kier alpha value is -1.42. The van der Waals surface area contributed by atoms with Crippen molar-refractivity contribution < 1.29 is 8.42 Å². The van der Waals surface area contributed by atoms with E-state index in [4.69, 9.17) is 5.26 Å². The Labute approximate surface area is 120 Å². The van der Waals surface area contributed by atoms with Crippen LogP contribution in [0.4, 0.5) is 0 Å². The third-order valence-electron chi connectivity index (χ3n) is 3.77. The highest BCUT2D eigenvalue weighted by atomic mass is 32.2. The summed E-state index contributed by atoms with van der Waals surface area (Å²) in [5.41, 5.74) is 1.06. The van der Waals surface area contributed by atoms with Crippen molar-refractivity contribution >= 4 is 10.0 Å². The standard InChI is InChI=1S/C14H19N3O2S/c1-11-8-12(9-15)5-6-14(11)20(18,19)16-10-13-4-3-7-17(13)2/h5-6,8,13,16H,3-4,7,10H2,1-2H3. The Morgan fingerprint density at radius 2 is 2.25 bits per heavy atom. The van der Waals surface area contributed by atoms with E-state index in [0.717, 1.165) is 19.4 Å². The maximum atomic E-state index is 12.3. The third kappa shape index (κ3) is 3.18. The summed E-state index contributed by atoms with van der Waals surface area (Å²) in [7, 11) is -1.50. The summed E-state index contributed by atoms with van der Waals surface area (Å²) < 4.78 is 27.3. The molecule has 1 fully saturated rings. The maximum Gasteiger partial charge on any atom is 0.240 e. The molecule has 1 aromatic carbocycles. The van der Waals surface area contributed by atoms with Gasteiger partial charge in [0.1, 0.15) is 0 Å². The second kappa shape index (κ2) is 5.92. The third-order valence-corrected chi connectivity index (χ3v) is 5.36. The average Bonchev–Trinajstić information content (AvgIpc) is 2.81. The van der Waals surface area contributed by atoms with Gasteiger partial charge in [0.15, 0.2) is 0 Å². The number of nitriles is 1. The minimum Gasteiger partial charge on any atom is -0.302 e.